The summed E-state index contributed by atoms with van der Waals surface area (Å²) in [6.07, 6.45) is 2.73. The smallest absolute Gasteiger partial charge is 0.374 e. The van der Waals surface area contributed by atoms with E-state index in [9.17, 15) is 9.59 Å². The van der Waals surface area contributed by atoms with Gasteiger partial charge in [0.1, 0.15) is 17.4 Å². The summed E-state index contributed by atoms with van der Waals surface area (Å²) in [5, 5.41) is 0. The predicted octanol–water partition coefficient (Wildman–Crippen LogP) is 2.56. The second-order valence-corrected chi connectivity index (χ2v) is 5.57. The van der Waals surface area contributed by atoms with Crippen molar-refractivity contribution in [1.29, 1.82) is 0 Å². The van der Waals surface area contributed by atoms with Crippen LogP contribution in [0.4, 0.5) is 0 Å². The molecule has 126 valence electrons. The van der Waals surface area contributed by atoms with Crippen molar-refractivity contribution in [2.24, 2.45) is 0 Å². The number of methoxy groups -OCH3 is 2. The zero-order chi connectivity index (χ0) is 16.4. The first kappa shape index (κ1) is 16.0. The topological polar surface area (TPSA) is 84.2 Å². The van der Waals surface area contributed by atoms with Crippen LogP contribution in [0.1, 0.15) is 70.1 Å². The van der Waals surface area contributed by atoms with E-state index in [0.29, 0.717) is 24.5 Å². The first-order valence-corrected chi connectivity index (χ1v) is 7.73. The molecule has 2 unspecified atom stereocenters. The highest BCUT2D eigenvalue weighted by Crippen LogP contribution is 2.42. The number of furan rings is 1. The first-order valence-electron chi connectivity index (χ1n) is 7.73. The number of carbonyl (C=O) groups is 2. The van der Waals surface area contributed by atoms with Crippen LogP contribution in [0.15, 0.2) is 4.42 Å². The average Bonchev–Trinajstić information content (AvgIpc) is 3.31. The molecular formula is C16H20O7. The van der Waals surface area contributed by atoms with Gasteiger partial charge in [-0.3, -0.25) is 0 Å². The lowest BCUT2D eigenvalue weighted by molar-refractivity contribution is 0.0515. The quantitative estimate of drug-likeness (QED) is 0.787. The summed E-state index contributed by atoms with van der Waals surface area (Å²) >= 11 is 0. The lowest BCUT2D eigenvalue weighted by Gasteiger charge is -2.14. The van der Waals surface area contributed by atoms with Gasteiger partial charge < -0.3 is 23.4 Å². The fraction of sp³-hybridized carbons (Fsp3) is 0.625. The molecule has 23 heavy (non-hydrogen) atoms. The fourth-order valence-corrected chi connectivity index (χ4v) is 3.15. The molecule has 1 aromatic heterocycles. The van der Waals surface area contributed by atoms with E-state index >= 15 is 0 Å². The van der Waals surface area contributed by atoms with Crippen LogP contribution in [-0.4, -0.2) is 39.4 Å². The van der Waals surface area contributed by atoms with E-state index in [1.54, 1.807) is 0 Å². The van der Waals surface area contributed by atoms with Gasteiger partial charge in [0, 0.05) is 18.8 Å². The van der Waals surface area contributed by atoms with Gasteiger partial charge in [-0.05, 0) is 25.7 Å². The van der Waals surface area contributed by atoms with Gasteiger partial charge in [0.15, 0.2) is 0 Å². The highest BCUT2D eigenvalue weighted by Gasteiger charge is 2.39. The minimum atomic E-state index is -0.714. The highest BCUT2D eigenvalue weighted by molar-refractivity contribution is 6.02. The van der Waals surface area contributed by atoms with E-state index in [-0.39, 0.29) is 23.5 Å². The molecule has 2 atom stereocenters. The Kier molecular flexibility index (Phi) is 4.68. The maximum Gasteiger partial charge on any atom is 0.374 e. The third-order valence-corrected chi connectivity index (χ3v) is 4.21. The van der Waals surface area contributed by atoms with Crippen LogP contribution in [-0.2, 0) is 18.9 Å². The van der Waals surface area contributed by atoms with Gasteiger partial charge >= 0.3 is 11.9 Å². The average molecular weight is 324 g/mol. The molecule has 0 N–H and O–H groups in total. The molecule has 2 fully saturated rings. The maximum atomic E-state index is 12.3. The Balaban J connectivity index is 2.15. The molecule has 0 saturated carbocycles. The normalized spacial score (nSPS) is 23.9. The summed E-state index contributed by atoms with van der Waals surface area (Å²) in [5.41, 5.74) is 0.665. The number of hydrogen-bond donors (Lipinski definition) is 0. The second kappa shape index (κ2) is 6.72. The standard InChI is InChI=1S/C16H20O7/c1-19-15(17)12-11(9-5-3-7-21-9)13(10-6-4-8-22-10)23-14(12)16(18)20-2/h9-10H,3-8H2,1-2H3. The van der Waals surface area contributed by atoms with Crippen molar-refractivity contribution < 1.29 is 33.0 Å². The molecule has 3 rings (SSSR count). The van der Waals surface area contributed by atoms with Crippen LogP contribution in [0.2, 0.25) is 0 Å². The van der Waals surface area contributed by atoms with Crippen molar-refractivity contribution in [3.63, 3.8) is 0 Å². The van der Waals surface area contributed by atoms with Crippen molar-refractivity contribution in [2.45, 2.75) is 37.9 Å². The number of hydrogen-bond acceptors (Lipinski definition) is 7. The Morgan fingerprint density at radius 3 is 2.09 bits per heavy atom. The highest BCUT2D eigenvalue weighted by atomic mass is 16.5. The van der Waals surface area contributed by atoms with E-state index in [1.165, 1.54) is 14.2 Å². The summed E-state index contributed by atoms with van der Waals surface area (Å²) in [7, 11) is 2.50. The van der Waals surface area contributed by atoms with Gasteiger partial charge in [0.05, 0.1) is 20.3 Å². The van der Waals surface area contributed by atoms with Crippen LogP contribution in [0.5, 0.6) is 0 Å². The minimum absolute atomic E-state index is 0.0942. The Labute approximate surface area is 133 Å². The zero-order valence-corrected chi connectivity index (χ0v) is 13.3. The van der Waals surface area contributed by atoms with Crippen LogP contribution in [0.3, 0.4) is 0 Å². The van der Waals surface area contributed by atoms with Gasteiger partial charge in [0.2, 0.25) is 5.76 Å². The molecule has 0 spiro atoms. The van der Waals surface area contributed by atoms with Crippen LogP contribution < -0.4 is 0 Å². The lowest BCUT2D eigenvalue weighted by Crippen LogP contribution is -2.13. The summed E-state index contributed by atoms with van der Waals surface area (Å²) in [5.74, 6) is -1.01. The molecule has 0 bridgehead atoms. The van der Waals surface area contributed by atoms with E-state index in [4.69, 9.17) is 23.4 Å². The van der Waals surface area contributed by atoms with E-state index < -0.39 is 11.9 Å². The number of ether oxygens (including phenoxy) is 4. The Morgan fingerprint density at radius 1 is 0.957 bits per heavy atom. The molecule has 7 nitrogen and oxygen atoms in total. The van der Waals surface area contributed by atoms with Crippen molar-refractivity contribution in [2.75, 3.05) is 27.4 Å². The number of rotatable bonds is 4. The first-order chi connectivity index (χ1) is 11.2. The fourth-order valence-electron chi connectivity index (χ4n) is 3.15. The summed E-state index contributed by atoms with van der Waals surface area (Å²) < 4.78 is 26.7. The van der Waals surface area contributed by atoms with Crippen LogP contribution in [0.25, 0.3) is 0 Å². The molecule has 2 aliphatic rings. The van der Waals surface area contributed by atoms with E-state index in [2.05, 4.69) is 0 Å². The Hall–Kier alpha value is -1.86. The molecule has 0 aromatic carbocycles. The van der Waals surface area contributed by atoms with Crippen molar-refractivity contribution in [3.8, 4) is 0 Å². The number of carbonyl (C=O) groups excluding carboxylic acids is 2. The SMILES string of the molecule is COC(=O)c1oc(C2CCCO2)c(C2CCCO2)c1C(=O)OC. The van der Waals surface area contributed by atoms with Gasteiger partial charge in [-0.1, -0.05) is 0 Å². The minimum Gasteiger partial charge on any atom is -0.465 e. The van der Waals surface area contributed by atoms with E-state index in [1.807, 2.05) is 0 Å². The van der Waals surface area contributed by atoms with Crippen LogP contribution >= 0.6 is 0 Å². The van der Waals surface area contributed by atoms with Gasteiger partial charge in [-0.25, -0.2) is 9.59 Å². The van der Waals surface area contributed by atoms with Crippen molar-refractivity contribution in [1.82, 2.24) is 0 Å². The summed E-state index contributed by atoms with van der Waals surface area (Å²) in [6.45, 7) is 1.23. The third kappa shape index (κ3) is 2.86. The molecule has 3 heterocycles. The van der Waals surface area contributed by atoms with Gasteiger partial charge in [-0.2, -0.15) is 0 Å². The van der Waals surface area contributed by atoms with Crippen LogP contribution in [0, 0.1) is 0 Å². The largest absolute Gasteiger partial charge is 0.465 e. The lowest BCUT2D eigenvalue weighted by atomic mass is 9.97. The van der Waals surface area contributed by atoms with Gasteiger partial charge in [-0.15, -0.1) is 0 Å². The maximum absolute atomic E-state index is 12.3. The zero-order valence-electron chi connectivity index (χ0n) is 13.3. The molecule has 0 amide bonds. The molecule has 2 saturated heterocycles. The second-order valence-electron chi connectivity index (χ2n) is 5.57. The molecule has 0 radical (unpaired) electrons. The molecule has 2 aliphatic heterocycles. The summed E-state index contributed by atoms with van der Waals surface area (Å²) in [4.78, 5) is 24.3. The van der Waals surface area contributed by atoms with Gasteiger partial charge in [0.25, 0.3) is 0 Å². The monoisotopic (exact) mass is 324 g/mol. The Bertz CT molecular complexity index is 592. The Morgan fingerprint density at radius 2 is 1.57 bits per heavy atom. The molecule has 7 heteroatoms. The van der Waals surface area contributed by atoms with Crippen molar-refractivity contribution >= 4 is 11.9 Å². The van der Waals surface area contributed by atoms with Crippen molar-refractivity contribution in [3.05, 3.63) is 22.6 Å². The number of esters is 2. The summed E-state index contributed by atoms with van der Waals surface area (Å²) in [6, 6.07) is 0. The molecule has 0 aliphatic carbocycles. The predicted molar refractivity (Wildman–Crippen MR) is 77.2 cm³/mol. The molecular weight excluding hydrogens is 304 g/mol. The molecule has 1 aromatic rings. The van der Waals surface area contributed by atoms with E-state index in [0.717, 1.165) is 25.7 Å². The third-order valence-electron chi connectivity index (χ3n) is 4.21.